The summed E-state index contributed by atoms with van der Waals surface area (Å²) in [5.74, 6) is 5.24. The molecule has 13 aromatic carbocycles. The summed E-state index contributed by atoms with van der Waals surface area (Å²) in [6.45, 7) is 8.13. The van der Waals surface area contributed by atoms with Crippen LogP contribution >= 0.6 is 0 Å². The summed E-state index contributed by atoms with van der Waals surface area (Å²) >= 11 is 0. The van der Waals surface area contributed by atoms with Gasteiger partial charge in [-0.05, 0) is 97.8 Å². The van der Waals surface area contributed by atoms with Crippen molar-refractivity contribution in [3.05, 3.63) is 320 Å². The van der Waals surface area contributed by atoms with Gasteiger partial charge in [0, 0.05) is 60.7 Å². The predicted molar refractivity (Wildman–Crippen MR) is 372 cm³/mol. The van der Waals surface area contributed by atoms with Crippen LogP contribution in [0.15, 0.2) is 302 Å². The van der Waals surface area contributed by atoms with E-state index >= 15 is 0 Å². The van der Waals surface area contributed by atoms with Crippen LogP contribution in [0.25, 0.3) is 134 Å². The second kappa shape index (κ2) is 25.4. The predicted octanol–water partition coefficient (Wildman–Crippen LogP) is 20.2. The zero-order chi connectivity index (χ0) is 61.6. The molecule has 17 aromatic rings. The number of para-hydroxylation sites is 2. The van der Waals surface area contributed by atoms with Crippen LogP contribution < -0.4 is 0 Å². The molecule has 4 aromatic heterocycles. The van der Waals surface area contributed by atoms with Crippen LogP contribution in [0.5, 0.6) is 0 Å². The van der Waals surface area contributed by atoms with Gasteiger partial charge in [-0.15, -0.1) is 10.2 Å². The van der Waals surface area contributed by atoms with Crippen molar-refractivity contribution < 1.29 is 4.42 Å². The van der Waals surface area contributed by atoms with Crippen molar-refractivity contribution in [2.75, 3.05) is 0 Å². The standard InChI is InChI=1S/C28H20N2.C22H16N2.C16H13N3.C15H12N2O/c1-19-15-17-20(18-16-19)28-29-26-24-13-7-5-11-22(24)23-12-6-8-14-25(23)27(26)30(28)21-9-3-2-4-10-21;1-15-23-21-19-13-7-5-11-17(19)18-12-6-8-14-20(18)22(21)24(15)16-9-3-2-4-10-16;1-12-17-15(13-8-4-2-5-9-13)19-16(18-12)14-10-6-3-7-11-14;1-11-7-9-13(10-8-11)15-17-16-14(18-15)12-5-3-2-4-6-12/h2-18H,1H3;2-14H,1H3;2-11H,1H3;2-10H,1H3. The van der Waals surface area contributed by atoms with E-state index in [2.05, 4.69) is 224 Å². The largest absolute Gasteiger partial charge is 0.416 e. The lowest BCUT2D eigenvalue weighted by molar-refractivity contribution is 0.584. The Bertz CT molecular complexity index is 5300. The highest BCUT2D eigenvalue weighted by atomic mass is 16.4. The minimum absolute atomic E-state index is 0.547. The van der Waals surface area contributed by atoms with Gasteiger partial charge in [0.2, 0.25) is 11.8 Å². The fraction of sp³-hybridized carbons (Fsp3) is 0.0494. The third-order valence-electron chi connectivity index (χ3n) is 16.1. The number of hydrogen-bond acceptors (Lipinski definition) is 8. The van der Waals surface area contributed by atoms with Crippen molar-refractivity contribution in [1.82, 2.24) is 44.3 Å². The minimum Gasteiger partial charge on any atom is -0.416 e. The first-order valence-corrected chi connectivity index (χ1v) is 30.4. The summed E-state index contributed by atoms with van der Waals surface area (Å²) in [5.41, 5.74) is 14.2. The van der Waals surface area contributed by atoms with Gasteiger partial charge in [-0.2, -0.15) is 0 Å². The fourth-order valence-electron chi connectivity index (χ4n) is 11.8. The third kappa shape index (κ3) is 11.6. The summed E-state index contributed by atoms with van der Waals surface area (Å²) in [6, 6.07) is 102. The second-order valence-corrected chi connectivity index (χ2v) is 22.3. The Morgan fingerprint density at radius 1 is 0.264 bits per heavy atom. The number of aromatic nitrogens is 9. The summed E-state index contributed by atoms with van der Waals surface area (Å²) in [7, 11) is 0. The summed E-state index contributed by atoms with van der Waals surface area (Å²) < 4.78 is 10.3. The SMILES string of the molecule is Cc1ccc(-c2nc3c4ccccc4c4ccccc4c3n2-c2ccccc2)cc1.Cc1ccc(-c2nnc(-c3ccccc3)o2)cc1.Cc1nc(-c2ccccc2)nc(-c2ccccc2)n1.Cc1nc2c3ccccc3c3ccccc3c2n1-c1ccccc1. The molecule has 0 saturated heterocycles. The molecule has 0 aliphatic carbocycles. The molecule has 0 unspecified atom stereocenters. The molecule has 10 heteroatoms. The molecule has 0 radical (unpaired) electrons. The van der Waals surface area contributed by atoms with Crippen molar-refractivity contribution in [2.45, 2.75) is 27.7 Å². The normalized spacial score (nSPS) is 11.1. The van der Waals surface area contributed by atoms with Gasteiger partial charge in [0.15, 0.2) is 11.6 Å². The summed E-state index contributed by atoms with van der Waals surface area (Å²) in [6.07, 6.45) is 0. The molecular formula is C81H61N9O. The van der Waals surface area contributed by atoms with E-state index in [1.54, 1.807) is 0 Å². The van der Waals surface area contributed by atoms with E-state index in [1.807, 2.05) is 135 Å². The Hall–Kier alpha value is -12.0. The zero-order valence-corrected chi connectivity index (χ0v) is 50.7. The highest BCUT2D eigenvalue weighted by Gasteiger charge is 2.21. The molecule has 0 aliphatic heterocycles. The number of nitrogens with zero attached hydrogens (tertiary/aromatic N) is 9. The van der Waals surface area contributed by atoms with Crippen LogP contribution in [0.1, 0.15) is 22.8 Å². The number of imidazole rings is 2. The lowest BCUT2D eigenvalue weighted by atomic mass is 10.00. The summed E-state index contributed by atoms with van der Waals surface area (Å²) in [4.78, 5) is 23.5. The molecule has 91 heavy (non-hydrogen) atoms. The van der Waals surface area contributed by atoms with E-state index in [9.17, 15) is 0 Å². The van der Waals surface area contributed by atoms with E-state index in [4.69, 9.17) is 14.4 Å². The second-order valence-electron chi connectivity index (χ2n) is 22.3. The van der Waals surface area contributed by atoms with Crippen LogP contribution in [-0.2, 0) is 0 Å². The van der Waals surface area contributed by atoms with E-state index in [-0.39, 0.29) is 0 Å². The Labute approximate surface area is 527 Å². The first-order chi connectivity index (χ1) is 44.8. The molecule has 436 valence electrons. The van der Waals surface area contributed by atoms with Gasteiger partial charge in [-0.25, -0.2) is 24.9 Å². The molecule has 0 spiro atoms. The molecule has 4 heterocycles. The van der Waals surface area contributed by atoms with Crippen LogP contribution in [0.2, 0.25) is 0 Å². The molecule has 0 saturated carbocycles. The van der Waals surface area contributed by atoms with E-state index in [1.165, 1.54) is 59.7 Å². The van der Waals surface area contributed by atoms with Gasteiger partial charge in [-0.1, -0.05) is 260 Å². The molecule has 0 amide bonds. The molecule has 10 nitrogen and oxygen atoms in total. The number of hydrogen-bond donors (Lipinski definition) is 0. The highest BCUT2D eigenvalue weighted by molar-refractivity contribution is 6.25. The first-order valence-electron chi connectivity index (χ1n) is 30.4. The van der Waals surface area contributed by atoms with Crippen LogP contribution in [0, 0.1) is 27.7 Å². The monoisotopic (exact) mass is 1180 g/mol. The molecule has 0 aliphatic rings. The van der Waals surface area contributed by atoms with Gasteiger partial charge in [0.1, 0.15) is 17.5 Å². The Balaban J connectivity index is 0.000000108. The average molecular weight is 1180 g/mol. The number of aryl methyl sites for hydroxylation is 4. The molecule has 0 fully saturated rings. The maximum Gasteiger partial charge on any atom is 0.248 e. The topological polar surface area (TPSA) is 113 Å². The molecule has 0 atom stereocenters. The van der Waals surface area contributed by atoms with Gasteiger partial charge in [-0.3, -0.25) is 9.13 Å². The lowest BCUT2D eigenvalue weighted by Gasteiger charge is -2.12. The Morgan fingerprint density at radius 3 is 1.04 bits per heavy atom. The van der Waals surface area contributed by atoms with Crippen molar-refractivity contribution in [3.8, 4) is 68.4 Å². The van der Waals surface area contributed by atoms with E-state index < -0.39 is 0 Å². The highest BCUT2D eigenvalue weighted by Crippen LogP contribution is 2.40. The third-order valence-corrected chi connectivity index (χ3v) is 16.1. The van der Waals surface area contributed by atoms with Gasteiger partial charge in [0.25, 0.3) is 0 Å². The molecular weight excluding hydrogens is 1110 g/mol. The number of fused-ring (bicyclic) bond motifs is 12. The average Bonchev–Trinajstić information content (AvgIpc) is 2.46. The quantitative estimate of drug-likeness (QED) is 0.145. The number of benzene rings is 13. The smallest absolute Gasteiger partial charge is 0.248 e. The molecule has 0 N–H and O–H groups in total. The van der Waals surface area contributed by atoms with Gasteiger partial charge < -0.3 is 4.42 Å². The molecule has 17 rings (SSSR count). The zero-order valence-electron chi connectivity index (χ0n) is 50.7. The fourth-order valence-corrected chi connectivity index (χ4v) is 11.8. The first kappa shape index (κ1) is 56.8. The number of rotatable bonds is 7. The van der Waals surface area contributed by atoms with Crippen LogP contribution in [-0.4, -0.2) is 44.3 Å². The lowest BCUT2D eigenvalue weighted by Crippen LogP contribution is -1.99. The maximum absolute atomic E-state index is 5.67. The minimum atomic E-state index is 0.547. The van der Waals surface area contributed by atoms with Gasteiger partial charge >= 0.3 is 0 Å². The van der Waals surface area contributed by atoms with Gasteiger partial charge in [0.05, 0.1) is 22.1 Å². The summed E-state index contributed by atoms with van der Waals surface area (Å²) in [5, 5.41) is 18.1. The van der Waals surface area contributed by atoms with Crippen LogP contribution in [0.4, 0.5) is 0 Å². The van der Waals surface area contributed by atoms with Crippen molar-refractivity contribution in [2.24, 2.45) is 0 Å². The maximum atomic E-state index is 5.67. The van der Waals surface area contributed by atoms with Crippen LogP contribution in [0.3, 0.4) is 0 Å². The molecule has 0 bridgehead atoms. The van der Waals surface area contributed by atoms with Crippen molar-refractivity contribution >= 4 is 65.2 Å². The van der Waals surface area contributed by atoms with Crippen molar-refractivity contribution in [3.63, 3.8) is 0 Å². The van der Waals surface area contributed by atoms with E-state index in [0.29, 0.717) is 23.4 Å². The Morgan fingerprint density at radius 2 is 0.593 bits per heavy atom. The Kier molecular flexibility index (Phi) is 15.8. The van der Waals surface area contributed by atoms with Crippen molar-refractivity contribution in [1.29, 1.82) is 0 Å². The van der Waals surface area contributed by atoms with E-state index in [0.717, 1.165) is 73.2 Å².